The van der Waals surface area contributed by atoms with Gasteiger partial charge in [0.15, 0.2) is 0 Å². The summed E-state index contributed by atoms with van der Waals surface area (Å²) in [7, 11) is 7.79. The average Bonchev–Trinajstić information content (AvgIpc) is 3.84. The van der Waals surface area contributed by atoms with Crippen LogP contribution >= 0.6 is 0 Å². The molecule has 1 saturated heterocycles. The molecule has 0 saturated carbocycles. The van der Waals surface area contributed by atoms with Crippen LogP contribution in [-0.4, -0.2) is 98.4 Å². The molecule has 2 aromatic carbocycles. The van der Waals surface area contributed by atoms with Crippen LogP contribution in [0, 0.1) is 0 Å². The number of nitrogens with zero attached hydrogens (tertiary/aromatic N) is 7. The number of primary amides is 1. The largest absolute Gasteiger partial charge is 0.368 e. The Hall–Kier alpha value is -5.40. The Bertz CT molecular complexity index is 1930. The molecule has 0 bridgehead atoms. The van der Waals surface area contributed by atoms with Gasteiger partial charge in [0.05, 0.1) is 35.2 Å². The normalized spacial score (nSPS) is 16.2. The molecule has 6 rings (SSSR count). The number of hydrogen-bond donors (Lipinski definition) is 1. The highest BCUT2D eigenvalue weighted by Crippen LogP contribution is 2.28. The van der Waals surface area contributed by atoms with E-state index >= 15 is 0 Å². The maximum Gasteiger partial charge on any atom is 0.255 e. The Kier molecular flexibility index (Phi) is 9.83. The summed E-state index contributed by atoms with van der Waals surface area (Å²) in [6, 6.07) is 10.0. The lowest BCUT2D eigenvalue weighted by Crippen LogP contribution is -2.44. The van der Waals surface area contributed by atoms with Crippen molar-refractivity contribution in [1.82, 2.24) is 34.4 Å². The molecule has 2 N–H and O–H groups in total. The third kappa shape index (κ3) is 7.22. The van der Waals surface area contributed by atoms with Crippen molar-refractivity contribution in [3.63, 3.8) is 0 Å². The van der Waals surface area contributed by atoms with Crippen molar-refractivity contribution in [2.24, 2.45) is 5.73 Å². The number of carbonyl (C=O) groups excluding carboxylic acids is 5. The molecule has 14 heteroatoms. The lowest BCUT2D eigenvalue weighted by molar-refractivity contribution is -0.132. The second-order valence-electron chi connectivity index (χ2n) is 12.7. The SMILES string of the molecule is [B]c1cccc2ncc(-c3cnn(C4CCN(C(=O)CCCC(=O)N(C)Cc5ccc6c(c5)CN(C(CCC=O)C(N)=O)C6=O)C4)c3)nc12. The minimum absolute atomic E-state index is 0.0106. The maximum absolute atomic E-state index is 13.0. The summed E-state index contributed by atoms with van der Waals surface area (Å²) in [5.41, 5.74) is 11.0. The van der Waals surface area contributed by atoms with Gasteiger partial charge >= 0.3 is 0 Å². The van der Waals surface area contributed by atoms with E-state index < -0.39 is 11.9 Å². The van der Waals surface area contributed by atoms with Gasteiger partial charge in [0, 0.05) is 69.8 Å². The molecule has 4 heterocycles. The first-order valence-corrected chi connectivity index (χ1v) is 16.4. The van der Waals surface area contributed by atoms with E-state index in [1.54, 1.807) is 42.5 Å². The number of nitrogens with two attached hydrogens (primary N) is 1. The first kappa shape index (κ1) is 33.5. The number of para-hydroxylation sites is 1. The van der Waals surface area contributed by atoms with Crippen molar-refractivity contribution in [3.05, 3.63) is 71.7 Å². The van der Waals surface area contributed by atoms with Crippen molar-refractivity contribution in [3.8, 4) is 11.3 Å². The molecule has 2 radical (unpaired) electrons. The quantitative estimate of drug-likeness (QED) is 0.167. The van der Waals surface area contributed by atoms with Crippen LogP contribution in [0.3, 0.4) is 0 Å². The maximum atomic E-state index is 13.0. The minimum atomic E-state index is -0.859. The second kappa shape index (κ2) is 14.4. The van der Waals surface area contributed by atoms with Gasteiger partial charge in [-0.25, -0.2) is 4.98 Å². The highest BCUT2D eigenvalue weighted by Gasteiger charge is 2.35. The van der Waals surface area contributed by atoms with Gasteiger partial charge in [0.25, 0.3) is 5.91 Å². The smallest absolute Gasteiger partial charge is 0.255 e. The molecule has 2 unspecified atom stereocenters. The molecule has 2 aromatic heterocycles. The number of carbonyl (C=O) groups is 5. The predicted octanol–water partition coefficient (Wildman–Crippen LogP) is 1.68. The van der Waals surface area contributed by atoms with Crippen molar-refractivity contribution < 1.29 is 24.0 Å². The van der Waals surface area contributed by atoms with Gasteiger partial charge in [0.2, 0.25) is 17.7 Å². The van der Waals surface area contributed by atoms with E-state index in [1.165, 1.54) is 4.90 Å². The summed E-state index contributed by atoms with van der Waals surface area (Å²) in [6.07, 6.45) is 8.08. The summed E-state index contributed by atoms with van der Waals surface area (Å²) in [5, 5.41) is 4.54. The van der Waals surface area contributed by atoms with E-state index in [9.17, 15) is 24.0 Å². The number of amides is 4. The highest BCUT2D eigenvalue weighted by molar-refractivity contribution is 6.38. The van der Waals surface area contributed by atoms with E-state index in [2.05, 4.69) is 15.1 Å². The number of fused-ring (bicyclic) bond motifs is 2. The van der Waals surface area contributed by atoms with Crippen molar-refractivity contribution in [2.75, 3.05) is 20.1 Å². The molecule has 0 aliphatic carbocycles. The molecule has 0 spiro atoms. The Morgan fingerprint density at radius 3 is 2.80 bits per heavy atom. The van der Waals surface area contributed by atoms with E-state index in [0.717, 1.165) is 28.6 Å². The minimum Gasteiger partial charge on any atom is -0.368 e. The fourth-order valence-corrected chi connectivity index (χ4v) is 6.57. The Balaban J connectivity index is 0.966. The lowest BCUT2D eigenvalue weighted by atomic mass is 9.94. The summed E-state index contributed by atoms with van der Waals surface area (Å²) in [4.78, 5) is 75.7. The topological polar surface area (TPSA) is 165 Å². The van der Waals surface area contributed by atoms with Crippen LogP contribution in [0.25, 0.3) is 22.3 Å². The Labute approximate surface area is 284 Å². The molecule has 4 amide bonds. The highest BCUT2D eigenvalue weighted by atomic mass is 16.2. The molecule has 250 valence electrons. The number of likely N-dealkylation sites (tertiary alicyclic amines) is 1. The number of hydrogen-bond acceptors (Lipinski definition) is 8. The Morgan fingerprint density at radius 2 is 2.00 bits per heavy atom. The predicted molar refractivity (Wildman–Crippen MR) is 181 cm³/mol. The standard InChI is InChI=1S/C35H37BN8O5/c1-41(18-22-10-11-26-23(15-22)19-43(35(26)49)30(34(37)48)7-4-14-45)31(46)8-3-9-32(47)42-13-12-25(21-42)44-20-24(16-39-44)29-17-38-28-6-2-5-27(36)33(28)40-29/h2,5-6,10-11,14-17,20,25,30H,3-4,7-9,12-13,18-19,21H2,1H3,(H2,37,48). The third-order valence-corrected chi connectivity index (χ3v) is 9.28. The van der Waals surface area contributed by atoms with E-state index in [-0.39, 0.29) is 56.0 Å². The zero-order valence-corrected chi connectivity index (χ0v) is 27.3. The van der Waals surface area contributed by atoms with Crippen molar-refractivity contribution >= 4 is 54.3 Å². The van der Waals surface area contributed by atoms with Gasteiger partial charge in [-0.1, -0.05) is 29.7 Å². The van der Waals surface area contributed by atoms with Crippen LogP contribution in [0.2, 0.25) is 0 Å². The van der Waals surface area contributed by atoms with Crippen LogP contribution < -0.4 is 11.2 Å². The fourth-order valence-electron chi connectivity index (χ4n) is 6.57. The van der Waals surface area contributed by atoms with Crippen molar-refractivity contribution in [1.29, 1.82) is 0 Å². The first-order chi connectivity index (χ1) is 23.6. The van der Waals surface area contributed by atoms with Crippen molar-refractivity contribution in [2.45, 2.75) is 63.7 Å². The molecular formula is C35H37BN8O5. The van der Waals surface area contributed by atoms with Crippen LogP contribution in [0.15, 0.2) is 55.0 Å². The van der Waals surface area contributed by atoms with Gasteiger partial charge in [0.1, 0.15) is 20.2 Å². The number of aromatic nitrogens is 4. The fraction of sp³-hybridized carbons (Fsp3) is 0.371. The summed E-state index contributed by atoms with van der Waals surface area (Å²) >= 11 is 0. The third-order valence-electron chi connectivity index (χ3n) is 9.28. The zero-order valence-electron chi connectivity index (χ0n) is 27.3. The molecule has 49 heavy (non-hydrogen) atoms. The first-order valence-electron chi connectivity index (χ1n) is 16.4. The molecule has 1 fully saturated rings. The molecule has 2 aliphatic heterocycles. The van der Waals surface area contributed by atoms with Gasteiger partial charge in [-0.15, -0.1) is 0 Å². The average molecular weight is 661 g/mol. The van der Waals surface area contributed by atoms with Crippen LogP contribution in [0.4, 0.5) is 0 Å². The number of aldehydes is 1. The molecule has 13 nitrogen and oxygen atoms in total. The van der Waals surface area contributed by atoms with Gasteiger partial charge in [-0.2, -0.15) is 5.10 Å². The van der Waals surface area contributed by atoms with E-state index in [4.69, 9.17) is 13.6 Å². The monoisotopic (exact) mass is 660 g/mol. The Morgan fingerprint density at radius 1 is 1.16 bits per heavy atom. The lowest BCUT2D eigenvalue weighted by Gasteiger charge is -2.24. The number of benzene rings is 2. The van der Waals surface area contributed by atoms with E-state index in [1.807, 2.05) is 34.0 Å². The van der Waals surface area contributed by atoms with E-state index in [0.29, 0.717) is 54.6 Å². The summed E-state index contributed by atoms with van der Waals surface area (Å²) < 4.78 is 1.87. The second-order valence-corrected chi connectivity index (χ2v) is 12.7. The van der Waals surface area contributed by atoms with Crippen LogP contribution in [0.1, 0.15) is 66.1 Å². The van der Waals surface area contributed by atoms with Gasteiger partial charge in [-0.3, -0.25) is 28.8 Å². The molecular weight excluding hydrogens is 623 g/mol. The molecule has 2 atom stereocenters. The van der Waals surface area contributed by atoms with Gasteiger partial charge in [-0.05, 0) is 42.5 Å². The zero-order chi connectivity index (χ0) is 34.7. The summed E-state index contributed by atoms with van der Waals surface area (Å²) in [6.45, 7) is 1.70. The van der Waals surface area contributed by atoms with Crippen LogP contribution in [0.5, 0.6) is 0 Å². The molecule has 2 aliphatic rings. The van der Waals surface area contributed by atoms with Gasteiger partial charge < -0.3 is 25.2 Å². The number of rotatable bonds is 13. The summed E-state index contributed by atoms with van der Waals surface area (Å²) in [5.74, 6) is -1.03. The molecule has 4 aromatic rings. The van der Waals surface area contributed by atoms with Crippen LogP contribution in [-0.2, 0) is 32.3 Å².